The molecule has 1 saturated carbocycles. The first-order valence-electron chi connectivity index (χ1n) is 8.57. The predicted molar refractivity (Wildman–Crippen MR) is 88.0 cm³/mol. The van der Waals surface area contributed by atoms with Crippen molar-refractivity contribution in [1.82, 2.24) is 4.90 Å². The minimum Gasteiger partial charge on any atom is -0.393 e. The van der Waals surface area contributed by atoms with Crippen LogP contribution in [0.5, 0.6) is 0 Å². The summed E-state index contributed by atoms with van der Waals surface area (Å²) in [6.45, 7) is 3.58. The van der Waals surface area contributed by atoms with Crippen LogP contribution in [0.15, 0.2) is 30.3 Å². The van der Waals surface area contributed by atoms with Gasteiger partial charge in [-0.2, -0.15) is 0 Å². The van der Waals surface area contributed by atoms with Crippen LogP contribution in [-0.2, 0) is 4.79 Å². The first-order valence-corrected chi connectivity index (χ1v) is 8.57. The number of rotatable bonds is 2. The zero-order valence-electron chi connectivity index (χ0n) is 13.8. The third-order valence-corrected chi connectivity index (χ3v) is 5.67. The van der Waals surface area contributed by atoms with Gasteiger partial charge in [0.25, 0.3) is 5.91 Å². The van der Waals surface area contributed by atoms with E-state index < -0.39 is 6.10 Å². The molecular weight excluding hydrogens is 290 g/mol. The Morgan fingerprint density at radius 2 is 1.87 bits per heavy atom. The summed E-state index contributed by atoms with van der Waals surface area (Å²) in [7, 11) is 0. The van der Waals surface area contributed by atoms with Crippen molar-refractivity contribution in [2.45, 2.75) is 57.7 Å². The third-order valence-electron chi connectivity index (χ3n) is 5.67. The van der Waals surface area contributed by atoms with E-state index in [4.69, 9.17) is 0 Å². The molecule has 124 valence electrons. The van der Waals surface area contributed by atoms with Crippen molar-refractivity contribution in [3.63, 3.8) is 0 Å². The quantitative estimate of drug-likeness (QED) is 0.913. The number of hydrogen-bond donors (Lipinski definition) is 1. The van der Waals surface area contributed by atoms with E-state index in [1.165, 1.54) is 0 Å². The number of aliphatic hydroxyl groups excluding tert-OH is 1. The van der Waals surface area contributed by atoms with Gasteiger partial charge in [0.2, 0.25) is 0 Å². The second kappa shape index (κ2) is 6.44. The first kappa shape index (κ1) is 16.2. The van der Waals surface area contributed by atoms with Crippen LogP contribution in [-0.4, -0.2) is 39.9 Å². The number of aliphatic hydroxyl groups is 1. The van der Waals surface area contributed by atoms with Crippen LogP contribution in [0.1, 0.15) is 49.9 Å². The lowest BCUT2D eigenvalue weighted by molar-refractivity contribution is -0.128. The minimum absolute atomic E-state index is 0.0153. The van der Waals surface area contributed by atoms with Crippen LogP contribution in [0, 0.1) is 11.8 Å². The monoisotopic (exact) mass is 315 g/mol. The summed E-state index contributed by atoms with van der Waals surface area (Å²) in [6, 6.07) is 9.17. The van der Waals surface area contributed by atoms with E-state index >= 15 is 0 Å². The molecule has 1 N–H and O–H groups in total. The fourth-order valence-electron chi connectivity index (χ4n) is 4.44. The Balaban J connectivity index is 1.96. The predicted octanol–water partition coefficient (Wildman–Crippen LogP) is 2.66. The highest BCUT2D eigenvalue weighted by Crippen LogP contribution is 2.41. The summed E-state index contributed by atoms with van der Waals surface area (Å²) < 4.78 is 0. The Kier molecular flexibility index (Phi) is 4.53. The molecule has 2 fully saturated rings. The maximum Gasteiger partial charge on any atom is 0.254 e. The zero-order valence-corrected chi connectivity index (χ0v) is 13.8. The molecule has 1 amide bonds. The topological polar surface area (TPSA) is 57.6 Å². The summed E-state index contributed by atoms with van der Waals surface area (Å²) in [4.78, 5) is 27.0. The fourth-order valence-corrected chi connectivity index (χ4v) is 4.44. The number of benzene rings is 1. The number of piperidine rings is 1. The van der Waals surface area contributed by atoms with Gasteiger partial charge in [0.05, 0.1) is 6.10 Å². The fraction of sp³-hybridized carbons (Fsp3) is 0.579. The summed E-state index contributed by atoms with van der Waals surface area (Å²) in [5.41, 5.74) is 0.655. The van der Waals surface area contributed by atoms with Crippen molar-refractivity contribution in [1.29, 1.82) is 0 Å². The van der Waals surface area contributed by atoms with Crippen LogP contribution >= 0.6 is 0 Å². The lowest BCUT2D eigenvalue weighted by atomic mass is 9.69. The standard InChI is InChI=1S/C19H25NO3/c1-12-15(13(2)21)11-16-17(9-6-10-18(16)22)20(12)19(23)14-7-4-3-5-8-14/h3-5,7-8,12,15-18,22H,6,9-11H2,1-2H3/t12-,15-,16+,17+,18?/m1/s1. The molecule has 1 aliphatic carbocycles. The number of fused-ring (bicyclic) bond motifs is 1. The van der Waals surface area contributed by atoms with E-state index in [-0.39, 0.29) is 35.6 Å². The highest BCUT2D eigenvalue weighted by Gasteiger charge is 2.48. The van der Waals surface area contributed by atoms with Crippen LogP contribution in [0.3, 0.4) is 0 Å². The lowest BCUT2D eigenvalue weighted by Gasteiger charge is -2.52. The summed E-state index contributed by atoms with van der Waals surface area (Å²) in [5, 5.41) is 10.4. The molecule has 0 radical (unpaired) electrons. The highest BCUT2D eigenvalue weighted by atomic mass is 16.3. The van der Waals surface area contributed by atoms with E-state index in [0.717, 1.165) is 19.3 Å². The van der Waals surface area contributed by atoms with Gasteiger partial charge in [-0.3, -0.25) is 9.59 Å². The number of amides is 1. The number of carbonyl (C=O) groups excluding carboxylic acids is 2. The molecule has 4 nitrogen and oxygen atoms in total. The van der Waals surface area contributed by atoms with Crippen LogP contribution in [0.25, 0.3) is 0 Å². The molecule has 0 bridgehead atoms. The molecule has 1 heterocycles. The summed E-state index contributed by atoms with van der Waals surface area (Å²) >= 11 is 0. The number of ketones is 1. The Labute approximate surface area is 137 Å². The molecule has 1 unspecified atom stereocenters. The third kappa shape index (κ3) is 2.92. The Morgan fingerprint density at radius 1 is 1.17 bits per heavy atom. The molecule has 2 aliphatic rings. The molecule has 1 aromatic rings. The SMILES string of the molecule is CC(=O)[C@@H]1C[C@@H]2C(O)CCC[C@@H]2N(C(=O)c2ccccc2)[C@@H]1C. The number of Topliss-reactive ketones (excluding diaryl/α,β-unsaturated/α-hetero) is 1. The molecule has 1 aromatic carbocycles. The largest absolute Gasteiger partial charge is 0.393 e. The maximum absolute atomic E-state index is 13.1. The van der Waals surface area contributed by atoms with Crippen molar-refractivity contribution >= 4 is 11.7 Å². The Morgan fingerprint density at radius 3 is 2.52 bits per heavy atom. The average Bonchev–Trinajstić information content (AvgIpc) is 2.54. The Bertz CT molecular complexity index is 586. The lowest BCUT2D eigenvalue weighted by Crippen LogP contribution is -2.61. The van der Waals surface area contributed by atoms with Crippen molar-refractivity contribution in [3.05, 3.63) is 35.9 Å². The van der Waals surface area contributed by atoms with E-state index in [2.05, 4.69) is 0 Å². The molecule has 1 saturated heterocycles. The molecule has 3 rings (SSSR count). The smallest absolute Gasteiger partial charge is 0.254 e. The molecule has 0 spiro atoms. The minimum atomic E-state index is -0.408. The van der Waals surface area contributed by atoms with Gasteiger partial charge in [-0.1, -0.05) is 18.2 Å². The van der Waals surface area contributed by atoms with Crippen LogP contribution in [0.2, 0.25) is 0 Å². The molecule has 5 atom stereocenters. The second-order valence-corrected chi connectivity index (χ2v) is 7.00. The number of likely N-dealkylation sites (tertiary alicyclic amines) is 1. The molecule has 4 heteroatoms. The zero-order chi connectivity index (χ0) is 16.6. The molecular formula is C19H25NO3. The van der Waals surface area contributed by atoms with Gasteiger partial charge >= 0.3 is 0 Å². The van der Waals surface area contributed by atoms with Gasteiger partial charge < -0.3 is 10.0 Å². The van der Waals surface area contributed by atoms with Gasteiger partial charge in [0.1, 0.15) is 5.78 Å². The van der Waals surface area contributed by atoms with Crippen LogP contribution in [0.4, 0.5) is 0 Å². The van der Waals surface area contributed by atoms with Gasteiger partial charge in [-0.05, 0) is 51.7 Å². The van der Waals surface area contributed by atoms with Gasteiger partial charge in [0, 0.05) is 29.5 Å². The van der Waals surface area contributed by atoms with E-state index in [1.54, 1.807) is 6.92 Å². The van der Waals surface area contributed by atoms with Gasteiger partial charge in [0.15, 0.2) is 0 Å². The van der Waals surface area contributed by atoms with Crippen molar-refractivity contribution in [3.8, 4) is 0 Å². The maximum atomic E-state index is 13.1. The Hall–Kier alpha value is -1.68. The van der Waals surface area contributed by atoms with Crippen molar-refractivity contribution < 1.29 is 14.7 Å². The summed E-state index contributed by atoms with van der Waals surface area (Å²) in [5.74, 6) is -0.0779. The number of carbonyl (C=O) groups is 2. The highest BCUT2D eigenvalue weighted by molar-refractivity contribution is 5.95. The van der Waals surface area contributed by atoms with Gasteiger partial charge in [-0.25, -0.2) is 0 Å². The first-order chi connectivity index (χ1) is 11.0. The number of nitrogens with zero attached hydrogens (tertiary/aromatic N) is 1. The van der Waals surface area contributed by atoms with Crippen molar-refractivity contribution in [2.75, 3.05) is 0 Å². The van der Waals surface area contributed by atoms with Gasteiger partial charge in [-0.15, -0.1) is 0 Å². The molecule has 1 aliphatic heterocycles. The van der Waals surface area contributed by atoms with E-state index in [9.17, 15) is 14.7 Å². The normalized spacial score (nSPS) is 33.9. The average molecular weight is 315 g/mol. The molecule has 23 heavy (non-hydrogen) atoms. The second-order valence-electron chi connectivity index (χ2n) is 7.00. The summed E-state index contributed by atoms with van der Waals surface area (Å²) in [6.07, 6.45) is 2.90. The van der Waals surface area contributed by atoms with Crippen molar-refractivity contribution in [2.24, 2.45) is 11.8 Å². The van der Waals surface area contributed by atoms with E-state index in [1.807, 2.05) is 42.2 Å². The number of hydrogen-bond acceptors (Lipinski definition) is 3. The molecule has 0 aromatic heterocycles. The van der Waals surface area contributed by atoms with E-state index in [0.29, 0.717) is 12.0 Å². The van der Waals surface area contributed by atoms with Crippen LogP contribution < -0.4 is 0 Å².